The molecule has 2 aliphatic rings. The summed E-state index contributed by atoms with van der Waals surface area (Å²) in [5.74, 6) is 0.934. The van der Waals surface area contributed by atoms with E-state index in [1.165, 1.54) is 0 Å². The number of carbonyl (C=O) groups is 2. The first-order chi connectivity index (χ1) is 9.42. The number of fused-ring (bicyclic) bond motifs is 2. The molecule has 2 bridgehead atoms. The Balaban J connectivity index is 1.75. The summed E-state index contributed by atoms with van der Waals surface area (Å²) in [5.41, 5.74) is -0.396. The van der Waals surface area contributed by atoms with E-state index >= 15 is 0 Å². The standard InChI is InChI=1S/C16H26O4/c1-4-16(2,3)15(18)19-6-5-11-7-12-9-13(8-11)14(17)20-10-12/h11-13H,4-10H2,1-3H3. The number of carbonyl (C=O) groups excluding carboxylic acids is 2. The van der Waals surface area contributed by atoms with Crippen molar-refractivity contribution in [2.45, 2.75) is 52.9 Å². The summed E-state index contributed by atoms with van der Waals surface area (Å²) in [6.07, 6.45) is 4.62. The van der Waals surface area contributed by atoms with Crippen molar-refractivity contribution in [3.63, 3.8) is 0 Å². The minimum atomic E-state index is -0.396. The van der Waals surface area contributed by atoms with Gasteiger partial charge >= 0.3 is 11.9 Å². The molecule has 0 amide bonds. The van der Waals surface area contributed by atoms with Crippen molar-refractivity contribution >= 4 is 11.9 Å². The minimum Gasteiger partial charge on any atom is -0.465 e. The van der Waals surface area contributed by atoms with E-state index in [-0.39, 0.29) is 17.9 Å². The van der Waals surface area contributed by atoms with Crippen molar-refractivity contribution in [1.82, 2.24) is 0 Å². The number of esters is 2. The molecule has 0 aromatic heterocycles. The summed E-state index contributed by atoms with van der Waals surface area (Å²) < 4.78 is 10.6. The summed E-state index contributed by atoms with van der Waals surface area (Å²) in [6.45, 7) is 6.87. The third-order valence-corrected chi connectivity index (χ3v) is 4.89. The van der Waals surface area contributed by atoms with E-state index < -0.39 is 5.41 Å². The predicted octanol–water partition coefficient (Wildman–Crippen LogP) is 2.95. The van der Waals surface area contributed by atoms with Gasteiger partial charge in [0.25, 0.3) is 0 Å². The van der Waals surface area contributed by atoms with Crippen molar-refractivity contribution in [3.05, 3.63) is 0 Å². The molecule has 0 aromatic carbocycles. The van der Waals surface area contributed by atoms with Gasteiger partial charge < -0.3 is 9.47 Å². The molecule has 1 heterocycles. The van der Waals surface area contributed by atoms with Gasteiger partial charge in [0.15, 0.2) is 0 Å². The summed E-state index contributed by atoms with van der Waals surface area (Å²) in [4.78, 5) is 23.5. The molecule has 0 aromatic rings. The Morgan fingerprint density at radius 3 is 2.80 bits per heavy atom. The van der Waals surface area contributed by atoms with E-state index in [1.54, 1.807) is 0 Å². The second kappa shape index (κ2) is 6.15. The van der Waals surface area contributed by atoms with Crippen molar-refractivity contribution < 1.29 is 19.1 Å². The van der Waals surface area contributed by atoms with E-state index in [2.05, 4.69) is 0 Å². The Bertz CT molecular complexity index is 375. The van der Waals surface area contributed by atoms with Crippen LogP contribution in [0.2, 0.25) is 0 Å². The highest BCUT2D eigenvalue weighted by molar-refractivity contribution is 5.75. The Morgan fingerprint density at radius 1 is 1.35 bits per heavy atom. The van der Waals surface area contributed by atoms with E-state index in [4.69, 9.17) is 9.47 Å². The van der Waals surface area contributed by atoms with Gasteiger partial charge in [0.1, 0.15) is 0 Å². The zero-order chi connectivity index (χ0) is 14.8. The number of hydrogen-bond acceptors (Lipinski definition) is 4. The number of rotatable bonds is 5. The van der Waals surface area contributed by atoms with E-state index in [0.717, 1.165) is 32.1 Å². The molecule has 3 atom stereocenters. The van der Waals surface area contributed by atoms with Crippen LogP contribution in [0, 0.1) is 23.2 Å². The molecule has 2 fully saturated rings. The molecule has 1 aliphatic carbocycles. The summed E-state index contributed by atoms with van der Waals surface area (Å²) in [5, 5.41) is 0. The number of ether oxygens (including phenoxy) is 2. The van der Waals surface area contributed by atoms with Crippen LogP contribution in [0.15, 0.2) is 0 Å². The fraction of sp³-hybridized carbons (Fsp3) is 0.875. The highest BCUT2D eigenvalue weighted by Gasteiger charge is 2.38. The van der Waals surface area contributed by atoms with Gasteiger partial charge in [-0.1, -0.05) is 6.92 Å². The number of hydrogen-bond donors (Lipinski definition) is 0. The van der Waals surface area contributed by atoms with Crippen LogP contribution < -0.4 is 0 Å². The second-order valence-electron chi connectivity index (χ2n) is 6.93. The van der Waals surface area contributed by atoms with Gasteiger partial charge in [-0.05, 0) is 57.8 Å². The Kier molecular flexibility index (Phi) is 4.71. The smallest absolute Gasteiger partial charge is 0.311 e. The number of cyclic esters (lactones) is 1. The molecule has 1 aliphatic heterocycles. The summed E-state index contributed by atoms with van der Waals surface area (Å²) >= 11 is 0. The van der Waals surface area contributed by atoms with Crippen LogP contribution in [-0.4, -0.2) is 25.2 Å². The molecular weight excluding hydrogens is 256 g/mol. The third kappa shape index (κ3) is 3.53. The van der Waals surface area contributed by atoms with Crippen LogP contribution in [0.4, 0.5) is 0 Å². The van der Waals surface area contributed by atoms with Crippen LogP contribution >= 0.6 is 0 Å². The first-order valence-corrected chi connectivity index (χ1v) is 7.76. The first kappa shape index (κ1) is 15.3. The average Bonchev–Trinajstić information content (AvgIpc) is 2.43. The lowest BCUT2D eigenvalue weighted by atomic mass is 9.73. The van der Waals surface area contributed by atoms with Gasteiger partial charge in [-0.2, -0.15) is 0 Å². The first-order valence-electron chi connectivity index (χ1n) is 7.76. The maximum absolute atomic E-state index is 11.9. The zero-order valence-electron chi connectivity index (χ0n) is 12.8. The summed E-state index contributed by atoms with van der Waals surface area (Å²) in [6, 6.07) is 0. The molecule has 1 saturated heterocycles. The molecule has 0 radical (unpaired) electrons. The molecule has 4 heteroatoms. The largest absolute Gasteiger partial charge is 0.465 e. The van der Waals surface area contributed by atoms with Gasteiger partial charge in [0.05, 0.1) is 24.5 Å². The van der Waals surface area contributed by atoms with E-state index in [0.29, 0.717) is 25.0 Å². The SMILES string of the molecule is CCC(C)(C)C(=O)OCCC1CC2COC(=O)C(C1)C2. The van der Waals surface area contributed by atoms with Gasteiger partial charge in [-0.15, -0.1) is 0 Å². The normalized spacial score (nSPS) is 29.8. The van der Waals surface area contributed by atoms with E-state index in [9.17, 15) is 9.59 Å². The topological polar surface area (TPSA) is 52.6 Å². The molecule has 114 valence electrons. The fourth-order valence-electron chi connectivity index (χ4n) is 3.10. The summed E-state index contributed by atoms with van der Waals surface area (Å²) in [7, 11) is 0. The van der Waals surface area contributed by atoms with Gasteiger partial charge in [-0.3, -0.25) is 9.59 Å². The quantitative estimate of drug-likeness (QED) is 0.727. The average molecular weight is 282 g/mol. The minimum absolute atomic E-state index is 0.0324. The highest BCUT2D eigenvalue weighted by atomic mass is 16.5. The molecule has 3 unspecified atom stereocenters. The molecule has 4 nitrogen and oxygen atoms in total. The maximum Gasteiger partial charge on any atom is 0.311 e. The molecule has 20 heavy (non-hydrogen) atoms. The van der Waals surface area contributed by atoms with Crippen LogP contribution in [-0.2, 0) is 19.1 Å². The van der Waals surface area contributed by atoms with Crippen LogP contribution in [0.5, 0.6) is 0 Å². The van der Waals surface area contributed by atoms with Crippen LogP contribution in [0.25, 0.3) is 0 Å². The van der Waals surface area contributed by atoms with Crippen molar-refractivity contribution in [3.8, 4) is 0 Å². The molecule has 2 rings (SSSR count). The fourth-order valence-corrected chi connectivity index (χ4v) is 3.10. The molecule has 0 N–H and O–H groups in total. The van der Waals surface area contributed by atoms with Crippen molar-refractivity contribution in [1.29, 1.82) is 0 Å². The Labute approximate surface area is 121 Å². The maximum atomic E-state index is 11.9. The van der Waals surface area contributed by atoms with Gasteiger partial charge in [0, 0.05) is 0 Å². The third-order valence-electron chi connectivity index (χ3n) is 4.89. The molecule has 0 spiro atoms. The van der Waals surface area contributed by atoms with Crippen molar-refractivity contribution in [2.75, 3.05) is 13.2 Å². The lowest BCUT2D eigenvalue weighted by Crippen LogP contribution is -2.37. The zero-order valence-corrected chi connectivity index (χ0v) is 12.8. The van der Waals surface area contributed by atoms with Gasteiger partial charge in [-0.25, -0.2) is 0 Å². The Hall–Kier alpha value is -1.06. The lowest BCUT2D eigenvalue weighted by molar-refractivity contribution is -0.162. The van der Waals surface area contributed by atoms with Crippen LogP contribution in [0.1, 0.15) is 52.9 Å². The lowest BCUT2D eigenvalue weighted by Gasteiger charge is -2.37. The predicted molar refractivity (Wildman–Crippen MR) is 74.9 cm³/mol. The van der Waals surface area contributed by atoms with Crippen molar-refractivity contribution in [2.24, 2.45) is 23.2 Å². The molecule has 1 saturated carbocycles. The Morgan fingerprint density at radius 2 is 2.10 bits per heavy atom. The molecular formula is C16H26O4. The van der Waals surface area contributed by atoms with Crippen LogP contribution in [0.3, 0.4) is 0 Å². The monoisotopic (exact) mass is 282 g/mol. The second-order valence-corrected chi connectivity index (χ2v) is 6.93. The van der Waals surface area contributed by atoms with Gasteiger partial charge in [0.2, 0.25) is 0 Å². The van der Waals surface area contributed by atoms with E-state index in [1.807, 2.05) is 20.8 Å². The highest BCUT2D eigenvalue weighted by Crippen LogP contribution is 2.39.